The molecule has 0 aliphatic heterocycles. The van der Waals surface area contributed by atoms with Crippen LogP contribution in [0.5, 0.6) is 0 Å². The second kappa shape index (κ2) is 3.15. The Morgan fingerprint density at radius 3 is 2.31 bits per heavy atom. The molecule has 2 bridgehead atoms. The Morgan fingerprint density at radius 2 is 1.92 bits per heavy atom. The predicted octanol–water partition coefficient (Wildman–Crippen LogP) is 4.02. The van der Waals surface area contributed by atoms with E-state index >= 15 is 0 Å². The van der Waals surface area contributed by atoms with Gasteiger partial charge in [0.2, 0.25) is 0 Å². The molecule has 0 heteroatoms. The van der Waals surface area contributed by atoms with E-state index in [0.717, 1.165) is 17.8 Å². The van der Waals surface area contributed by atoms with E-state index in [2.05, 4.69) is 32.9 Å². The molecule has 0 N–H and O–H groups in total. The summed E-state index contributed by atoms with van der Waals surface area (Å²) in [7, 11) is 0. The molecule has 0 aromatic heterocycles. The van der Waals surface area contributed by atoms with E-state index in [9.17, 15) is 0 Å². The standard InChI is InChI=1S/C13H22/c1-13(2,3)9-12-8-10-4-6-11(12)7-5-10/h4,6,10-12H,5,7-9H2,1-3H3/t10-,11+,12?/m0/s1. The molecule has 74 valence electrons. The zero-order chi connectivity index (χ0) is 9.47. The van der Waals surface area contributed by atoms with Gasteiger partial charge in [0.15, 0.2) is 0 Å². The fourth-order valence-corrected chi connectivity index (χ4v) is 3.07. The predicted molar refractivity (Wildman–Crippen MR) is 57.5 cm³/mol. The number of hydrogen-bond acceptors (Lipinski definition) is 0. The number of hydrogen-bond donors (Lipinski definition) is 0. The van der Waals surface area contributed by atoms with Gasteiger partial charge in [0.05, 0.1) is 0 Å². The Labute approximate surface area is 82.4 Å². The molecule has 0 saturated heterocycles. The van der Waals surface area contributed by atoms with Crippen LogP contribution in [-0.2, 0) is 0 Å². The molecule has 1 saturated carbocycles. The minimum atomic E-state index is 0.524. The molecule has 3 atom stereocenters. The van der Waals surface area contributed by atoms with Gasteiger partial charge in [0, 0.05) is 0 Å². The Bertz CT molecular complexity index is 207. The van der Waals surface area contributed by atoms with Crippen LogP contribution in [0, 0.1) is 23.2 Å². The minimum Gasteiger partial charge on any atom is -0.0851 e. The maximum atomic E-state index is 2.49. The van der Waals surface area contributed by atoms with E-state index in [1.165, 1.54) is 25.7 Å². The first kappa shape index (κ1) is 9.30. The van der Waals surface area contributed by atoms with Crippen molar-refractivity contribution in [1.29, 1.82) is 0 Å². The topological polar surface area (TPSA) is 0 Å². The van der Waals surface area contributed by atoms with Gasteiger partial charge >= 0.3 is 0 Å². The van der Waals surface area contributed by atoms with Gasteiger partial charge in [-0.1, -0.05) is 32.9 Å². The molecule has 0 aromatic rings. The molecule has 0 radical (unpaired) electrons. The third-order valence-corrected chi connectivity index (χ3v) is 3.59. The van der Waals surface area contributed by atoms with Gasteiger partial charge in [-0.2, -0.15) is 0 Å². The highest BCUT2D eigenvalue weighted by atomic mass is 14.4. The second-order valence-electron chi connectivity index (χ2n) is 6.15. The van der Waals surface area contributed by atoms with Crippen molar-refractivity contribution >= 4 is 0 Å². The van der Waals surface area contributed by atoms with Gasteiger partial charge < -0.3 is 0 Å². The van der Waals surface area contributed by atoms with Crippen molar-refractivity contribution in [1.82, 2.24) is 0 Å². The largest absolute Gasteiger partial charge is 0.0851 e. The summed E-state index contributed by atoms with van der Waals surface area (Å²) in [6.45, 7) is 7.12. The monoisotopic (exact) mass is 178 g/mol. The third-order valence-electron chi connectivity index (χ3n) is 3.59. The molecular formula is C13H22. The minimum absolute atomic E-state index is 0.524. The van der Waals surface area contributed by atoms with Gasteiger partial charge in [-0.3, -0.25) is 0 Å². The maximum Gasteiger partial charge on any atom is -0.0204 e. The lowest BCUT2D eigenvalue weighted by Crippen LogP contribution is -2.30. The second-order valence-corrected chi connectivity index (χ2v) is 6.15. The van der Waals surface area contributed by atoms with Crippen LogP contribution < -0.4 is 0 Å². The molecule has 0 nitrogen and oxygen atoms in total. The van der Waals surface area contributed by atoms with Gasteiger partial charge in [0.1, 0.15) is 0 Å². The van der Waals surface area contributed by atoms with E-state index in [1.807, 2.05) is 0 Å². The first-order chi connectivity index (χ1) is 6.04. The van der Waals surface area contributed by atoms with Crippen LogP contribution in [0.15, 0.2) is 12.2 Å². The van der Waals surface area contributed by atoms with E-state index in [4.69, 9.17) is 0 Å². The zero-order valence-corrected chi connectivity index (χ0v) is 9.22. The quantitative estimate of drug-likeness (QED) is 0.532. The van der Waals surface area contributed by atoms with Crippen molar-refractivity contribution in [2.75, 3.05) is 0 Å². The normalized spacial score (nSPS) is 38.2. The lowest BCUT2D eigenvalue weighted by molar-refractivity contribution is 0.159. The van der Waals surface area contributed by atoms with Crippen LogP contribution in [-0.4, -0.2) is 0 Å². The molecule has 0 aromatic carbocycles. The van der Waals surface area contributed by atoms with Crippen molar-refractivity contribution in [3.63, 3.8) is 0 Å². The average molecular weight is 178 g/mol. The summed E-state index contributed by atoms with van der Waals surface area (Å²) in [6.07, 6.45) is 10.8. The van der Waals surface area contributed by atoms with Crippen molar-refractivity contribution in [3.8, 4) is 0 Å². The van der Waals surface area contributed by atoms with Crippen LogP contribution in [0.2, 0.25) is 0 Å². The highest BCUT2D eigenvalue weighted by Crippen LogP contribution is 2.44. The van der Waals surface area contributed by atoms with E-state index in [-0.39, 0.29) is 0 Å². The fraction of sp³-hybridized carbons (Fsp3) is 0.846. The Hall–Kier alpha value is -0.260. The van der Waals surface area contributed by atoms with Gasteiger partial charge in [-0.15, -0.1) is 0 Å². The smallest absolute Gasteiger partial charge is 0.0204 e. The lowest BCUT2D eigenvalue weighted by atomic mass is 9.65. The highest BCUT2D eigenvalue weighted by molar-refractivity contribution is 5.06. The molecule has 1 unspecified atom stereocenters. The summed E-state index contributed by atoms with van der Waals surface area (Å²) in [5, 5.41) is 0. The number of allylic oxidation sites excluding steroid dienone is 2. The Kier molecular flexibility index (Phi) is 2.25. The van der Waals surface area contributed by atoms with Crippen molar-refractivity contribution in [2.45, 2.75) is 46.5 Å². The summed E-state index contributed by atoms with van der Waals surface area (Å²) < 4.78 is 0. The summed E-state index contributed by atoms with van der Waals surface area (Å²) in [5.41, 5.74) is 0.524. The van der Waals surface area contributed by atoms with E-state index in [1.54, 1.807) is 0 Å². The fourth-order valence-electron chi connectivity index (χ4n) is 3.07. The summed E-state index contributed by atoms with van der Waals surface area (Å²) >= 11 is 0. The van der Waals surface area contributed by atoms with Crippen LogP contribution >= 0.6 is 0 Å². The van der Waals surface area contributed by atoms with Crippen LogP contribution in [0.25, 0.3) is 0 Å². The van der Waals surface area contributed by atoms with Gasteiger partial charge in [-0.05, 0) is 48.9 Å². The van der Waals surface area contributed by atoms with Crippen molar-refractivity contribution in [3.05, 3.63) is 12.2 Å². The average Bonchev–Trinajstić information content (AvgIpc) is 2.03. The number of fused-ring (bicyclic) bond motifs is 2. The van der Waals surface area contributed by atoms with Gasteiger partial charge in [-0.25, -0.2) is 0 Å². The van der Waals surface area contributed by atoms with Crippen LogP contribution in [0.3, 0.4) is 0 Å². The molecule has 0 spiro atoms. The lowest BCUT2D eigenvalue weighted by Gasteiger charge is -2.40. The molecule has 3 aliphatic rings. The highest BCUT2D eigenvalue weighted by Gasteiger charge is 2.33. The molecule has 13 heavy (non-hydrogen) atoms. The van der Waals surface area contributed by atoms with Crippen LogP contribution in [0.1, 0.15) is 46.5 Å². The molecule has 1 fully saturated rings. The van der Waals surface area contributed by atoms with E-state index in [0.29, 0.717) is 5.41 Å². The first-order valence-electron chi connectivity index (χ1n) is 5.73. The zero-order valence-electron chi connectivity index (χ0n) is 9.22. The molecule has 3 aliphatic carbocycles. The SMILES string of the molecule is CC(C)(C)CC1C[C@H]2C=C[C@@H]1CC2. The van der Waals surface area contributed by atoms with E-state index < -0.39 is 0 Å². The molecule has 3 rings (SSSR count). The molecular weight excluding hydrogens is 156 g/mol. The number of rotatable bonds is 1. The summed E-state index contributed by atoms with van der Waals surface area (Å²) in [4.78, 5) is 0. The molecule has 0 heterocycles. The Balaban J connectivity index is 1.99. The molecule has 0 amide bonds. The van der Waals surface area contributed by atoms with Crippen molar-refractivity contribution < 1.29 is 0 Å². The maximum absolute atomic E-state index is 2.49. The first-order valence-corrected chi connectivity index (χ1v) is 5.73. The van der Waals surface area contributed by atoms with Crippen LogP contribution in [0.4, 0.5) is 0 Å². The third kappa shape index (κ3) is 2.15. The van der Waals surface area contributed by atoms with Gasteiger partial charge in [0.25, 0.3) is 0 Å². The summed E-state index contributed by atoms with van der Waals surface area (Å²) in [6, 6.07) is 0. The Morgan fingerprint density at radius 1 is 1.15 bits per heavy atom. The summed E-state index contributed by atoms with van der Waals surface area (Å²) in [5.74, 6) is 2.84. The van der Waals surface area contributed by atoms with Crippen molar-refractivity contribution in [2.24, 2.45) is 23.2 Å².